The van der Waals surface area contributed by atoms with E-state index in [2.05, 4.69) is 12.2 Å². The van der Waals surface area contributed by atoms with Gasteiger partial charge in [-0.2, -0.15) is 0 Å². The fourth-order valence-corrected chi connectivity index (χ4v) is 2.67. The molecule has 0 aromatic carbocycles. The molecule has 96 valence electrons. The van der Waals surface area contributed by atoms with Crippen LogP contribution in [0, 0.1) is 0 Å². The van der Waals surface area contributed by atoms with Gasteiger partial charge in [-0.3, -0.25) is 4.90 Å². The van der Waals surface area contributed by atoms with Gasteiger partial charge in [0.1, 0.15) is 0 Å². The van der Waals surface area contributed by atoms with E-state index >= 15 is 0 Å². The molecule has 0 bridgehead atoms. The van der Waals surface area contributed by atoms with Crippen molar-refractivity contribution < 1.29 is 8.78 Å². The minimum Gasteiger partial charge on any atom is -0.313 e. The van der Waals surface area contributed by atoms with E-state index in [1.807, 2.05) is 11.9 Å². The lowest BCUT2D eigenvalue weighted by Gasteiger charge is -2.33. The first-order valence-corrected chi connectivity index (χ1v) is 6.37. The third-order valence-electron chi connectivity index (χ3n) is 3.44. The Morgan fingerprint density at radius 2 is 1.94 bits per heavy atom. The molecule has 2 nitrogen and oxygen atoms in total. The highest BCUT2D eigenvalue weighted by Gasteiger charge is 2.27. The predicted molar refractivity (Wildman–Crippen MR) is 63.0 cm³/mol. The van der Waals surface area contributed by atoms with E-state index in [1.165, 1.54) is 19.3 Å². The van der Waals surface area contributed by atoms with Crippen molar-refractivity contribution in [1.82, 2.24) is 10.2 Å². The molecule has 0 spiro atoms. The van der Waals surface area contributed by atoms with Crippen LogP contribution in [-0.2, 0) is 0 Å². The SMILES string of the molecule is CCNC1CCCCCC1N(C)CC(F)F. The van der Waals surface area contributed by atoms with Crippen molar-refractivity contribution in [2.24, 2.45) is 0 Å². The van der Waals surface area contributed by atoms with E-state index in [1.54, 1.807) is 0 Å². The Morgan fingerprint density at radius 1 is 1.25 bits per heavy atom. The van der Waals surface area contributed by atoms with E-state index in [-0.39, 0.29) is 12.6 Å². The van der Waals surface area contributed by atoms with E-state index < -0.39 is 6.43 Å². The molecule has 0 heterocycles. The van der Waals surface area contributed by atoms with Gasteiger partial charge in [0.15, 0.2) is 0 Å². The molecule has 1 fully saturated rings. The topological polar surface area (TPSA) is 15.3 Å². The molecule has 0 aromatic rings. The molecular weight excluding hydrogens is 210 g/mol. The highest BCUT2D eigenvalue weighted by Crippen LogP contribution is 2.22. The van der Waals surface area contributed by atoms with E-state index in [0.717, 1.165) is 19.4 Å². The Kier molecular flexibility index (Phi) is 6.21. The summed E-state index contributed by atoms with van der Waals surface area (Å²) in [6, 6.07) is 0.660. The quantitative estimate of drug-likeness (QED) is 0.735. The van der Waals surface area contributed by atoms with Crippen LogP contribution in [0.4, 0.5) is 8.78 Å². The summed E-state index contributed by atoms with van der Waals surface area (Å²) in [4.78, 5) is 1.84. The maximum absolute atomic E-state index is 12.4. The third kappa shape index (κ3) is 4.34. The van der Waals surface area contributed by atoms with Crippen LogP contribution in [0.5, 0.6) is 0 Å². The number of hydrogen-bond acceptors (Lipinski definition) is 2. The number of nitrogens with zero attached hydrogens (tertiary/aromatic N) is 1. The molecule has 2 unspecified atom stereocenters. The zero-order chi connectivity index (χ0) is 12.0. The predicted octanol–water partition coefficient (Wildman–Crippen LogP) is 2.49. The molecule has 0 aliphatic heterocycles. The van der Waals surface area contributed by atoms with Gasteiger partial charge in [-0.1, -0.05) is 26.2 Å². The third-order valence-corrected chi connectivity index (χ3v) is 3.44. The van der Waals surface area contributed by atoms with Crippen LogP contribution < -0.4 is 5.32 Å². The first-order chi connectivity index (χ1) is 7.65. The van der Waals surface area contributed by atoms with Crippen LogP contribution >= 0.6 is 0 Å². The number of hydrogen-bond donors (Lipinski definition) is 1. The zero-order valence-electron chi connectivity index (χ0n) is 10.4. The fraction of sp³-hybridized carbons (Fsp3) is 1.00. The van der Waals surface area contributed by atoms with Crippen molar-refractivity contribution >= 4 is 0 Å². The Hall–Kier alpha value is -0.220. The highest BCUT2D eigenvalue weighted by molar-refractivity contribution is 4.85. The number of rotatable bonds is 5. The molecule has 16 heavy (non-hydrogen) atoms. The van der Waals surface area contributed by atoms with Crippen molar-refractivity contribution in [3.05, 3.63) is 0 Å². The Labute approximate surface area is 97.4 Å². The maximum atomic E-state index is 12.4. The molecule has 1 aliphatic rings. The Bertz CT molecular complexity index is 188. The molecule has 0 aromatic heterocycles. The first kappa shape index (κ1) is 13.8. The summed E-state index contributed by atoms with van der Waals surface area (Å²) in [5.74, 6) is 0. The molecule has 0 saturated heterocycles. The second-order valence-electron chi connectivity index (χ2n) is 4.70. The van der Waals surface area contributed by atoms with Gasteiger partial charge < -0.3 is 5.32 Å². The first-order valence-electron chi connectivity index (χ1n) is 6.37. The average Bonchev–Trinajstić information content (AvgIpc) is 2.42. The van der Waals surface area contributed by atoms with Gasteiger partial charge >= 0.3 is 0 Å². The van der Waals surface area contributed by atoms with Crippen LogP contribution in [0.15, 0.2) is 0 Å². The summed E-state index contributed by atoms with van der Waals surface area (Å²) in [6.07, 6.45) is 3.56. The number of likely N-dealkylation sites (N-methyl/N-ethyl adjacent to an activating group) is 2. The van der Waals surface area contributed by atoms with E-state index in [9.17, 15) is 8.78 Å². The number of nitrogens with one attached hydrogen (secondary N) is 1. The molecule has 0 radical (unpaired) electrons. The molecule has 1 N–H and O–H groups in total. The summed E-state index contributed by atoms with van der Waals surface area (Å²) >= 11 is 0. The van der Waals surface area contributed by atoms with Crippen molar-refractivity contribution in [3.63, 3.8) is 0 Å². The maximum Gasteiger partial charge on any atom is 0.251 e. The summed E-state index contributed by atoms with van der Waals surface area (Å²) in [6.45, 7) is 2.89. The summed E-state index contributed by atoms with van der Waals surface area (Å²) < 4.78 is 24.8. The minimum absolute atomic E-state index is 0.105. The van der Waals surface area contributed by atoms with Gasteiger partial charge in [-0.15, -0.1) is 0 Å². The van der Waals surface area contributed by atoms with Crippen LogP contribution in [0.1, 0.15) is 39.0 Å². The largest absolute Gasteiger partial charge is 0.313 e. The number of alkyl halides is 2. The van der Waals surface area contributed by atoms with Crippen molar-refractivity contribution in [2.75, 3.05) is 20.1 Å². The molecule has 1 rings (SSSR count). The average molecular weight is 234 g/mol. The molecule has 1 saturated carbocycles. The van der Waals surface area contributed by atoms with Gasteiger partial charge in [0, 0.05) is 12.1 Å². The van der Waals surface area contributed by atoms with Crippen LogP contribution in [0.25, 0.3) is 0 Å². The van der Waals surface area contributed by atoms with Crippen molar-refractivity contribution in [1.29, 1.82) is 0 Å². The lowest BCUT2D eigenvalue weighted by atomic mass is 10.0. The van der Waals surface area contributed by atoms with Gasteiger partial charge in [0.25, 0.3) is 6.43 Å². The van der Waals surface area contributed by atoms with Crippen LogP contribution in [-0.4, -0.2) is 43.5 Å². The summed E-state index contributed by atoms with van der Waals surface area (Å²) in [5.41, 5.74) is 0. The normalized spacial score (nSPS) is 27.4. The van der Waals surface area contributed by atoms with Gasteiger partial charge in [0.05, 0.1) is 6.54 Å². The standard InChI is InChI=1S/C12H24F2N2/c1-3-15-10-7-5-4-6-8-11(10)16(2)9-12(13)14/h10-12,15H,3-9H2,1-2H3. The Balaban J connectivity index is 2.55. The smallest absolute Gasteiger partial charge is 0.251 e. The second kappa shape index (κ2) is 7.17. The summed E-state index contributed by atoms with van der Waals surface area (Å²) in [7, 11) is 1.83. The number of halogens is 2. The van der Waals surface area contributed by atoms with Crippen molar-refractivity contribution in [2.45, 2.75) is 57.5 Å². The summed E-state index contributed by atoms with van der Waals surface area (Å²) in [5, 5.41) is 3.44. The molecular formula is C12H24F2N2. The van der Waals surface area contributed by atoms with Gasteiger partial charge in [-0.05, 0) is 26.4 Å². The molecule has 4 heteroatoms. The lowest BCUT2D eigenvalue weighted by molar-refractivity contribution is 0.0682. The fourth-order valence-electron chi connectivity index (χ4n) is 2.67. The monoisotopic (exact) mass is 234 g/mol. The lowest BCUT2D eigenvalue weighted by Crippen LogP contribution is -2.49. The molecule has 2 atom stereocenters. The van der Waals surface area contributed by atoms with Crippen LogP contribution in [0.2, 0.25) is 0 Å². The second-order valence-corrected chi connectivity index (χ2v) is 4.70. The molecule has 1 aliphatic carbocycles. The van der Waals surface area contributed by atoms with Crippen LogP contribution in [0.3, 0.4) is 0 Å². The minimum atomic E-state index is -2.23. The molecule has 0 amide bonds. The van der Waals surface area contributed by atoms with E-state index in [0.29, 0.717) is 6.04 Å². The van der Waals surface area contributed by atoms with Gasteiger partial charge in [0.2, 0.25) is 0 Å². The van der Waals surface area contributed by atoms with E-state index in [4.69, 9.17) is 0 Å². The van der Waals surface area contributed by atoms with Gasteiger partial charge in [-0.25, -0.2) is 8.78 Å². The van der Waals surface area contributed by atoms with Crippen molar-refractivity contribution in [3.8, 4) is 0 Å². The highest BCUT2D eigenvalue weighted by atomic mass is 19.3. The zero-order valence-corrected chi connectivity index (χ0v) is 10.4. The Morgan fingerprint density at radius 3 is 2.56 bits per heavy atom.